The summed E-state index contributed by atoms with van der Waals surface area (Å²) in [5.74, 6) is -0.531. The summed E-state index contributed by atoms with van der Waals surface area (Å²) in [5.41, 5.74) is 6.26. The number of hydrogen-bond acceptors (Lipinski definition) is 5. The van der Waals surface area contributed by atoms with Crippen LogP contribution in [0.15, 0.2) is 40.9 Å². The Balaban J connectivity index is 1.87. The van der Waals surface area contributed by atoms with Gasteiger partial charge in [-0.1, -0.05) is 15.9 Å². The van der Waals surface area contributed by atoms with Crippen LogP contribution in [0.5, 0.6) is 5.75 Å². The van der Waals surface area contributed by atoms with E-state index in [2.05, 4.69) is 26.8 Å². The zero-order chi connectivity index (χ0) is 19.3. The van der Waals surface area contributed by atoms with Crippen LogP contribution in [0.4, 0.5) is 5.69 Å². The first-order chi connectivity index (χ1) is 12.3. The maximum Gasteiger partial charge on any atom is 0.276 e. The van der Waals surface area contributed by atoms with E-state index in [-0.39, 0.29) is 17.9 Å². The van der Waals surface area contributed by atoms with Crippen LogP contribution in [-0.2, 0) is 4.79 Å². The van der Waals surface area contributed by atoms with Crippen molar-refractivity contribution >= 4 is 33.4 Å². The lowest BCUT2D eigenvalue weighted by atomic mass is 10.1. The van der Waals surface area contributed by atoms with E-state index in [1.807, 2.05) is 26.0 Å². The van der Waals surface area contributed by atoms with Gasteiger partial charge in [0.2, 0.25) is 0 Å². The number of nitrogens with one attached hydrogen (secondary N) is 2. The number of carbonyl (C=O) groups is 2. The molecule has 2 aromatic carbocycles. The van der Waals surface area contributed by atoms with Gasteiger partial charge in [-0.05, 0) is 49.2 Å². The largest absolute Gasteiger partial charge is 0.483 e. The molecule has 2 amide bonds. The molecule has 136 valence electrons. The van der Waals surface area contributed by atoms with Gasteiger partial charge in [-0.3, -0.25) is 30.6 Å². The molecule has 0 aromatic heterocycles. The number of nitro benzene ring substituents is 1. The number of nitro groups is 1. The molecule has 8 nitrogen and oxygen atoms in total. The summed E-state index contributed by atoms with van der Waals surface area (Å²) in [4.78, 5) is 33.8. The molecular formula is C17H16BrN3O5. The number of rotatable bonds is 5. The number of hydrogen-bond donors (Lipinski definition) is 2. The molecule has 9 heteroatoms. The lowest BCUT2D eigenvalue weighted by Gasteiger charge is -2.13. The molecule has 2 N–H and O–H groups in total. The number of nitrogens with zero attached hydrogens (tertiary/aromatic N) is 1. The predicted molar refractivity (Wildman–Crippen MR) is 97.8 cm³/mol. The summed E-state index contributed by atoms with van der Waals surface area (Å²) in [6.45, 7) is 3.45. The first-order valence-electron chi connectivity index (χ1n) is 7.51. The van der Waals surface area contributed by atoms with E-state index in [9.17, 15) is 19.7 Å². The summed E-state index contributed by atoms with van der Waals surface area (Å²) in [6, 6.07) is 8.75. The molecule has 0 atom stereocenters. The Labute approximate surface area is 157 Å². The van der Waals surface area contributed by atoms with Crippen molar-refractivity contribution in [2.75, 3.05) is 6.61 Å². The average Bonchev–Trinajstić information content (AvgIpc) is 2.58. The van der Waals surface area contributed by atoms with Crippen molar-refractivity contribution in [1.82, 2.24) is 10.9 Å². The molecule has 2 rings (SSSR count). The van der Waals surface area contributed by atoms with Gasteiger partial charge in [0.25, 0.3) is 17.5 Å². The molecule has 0 aliphatic carbocycles. The number of aryl methyl sites for hydroxylation is 2. The first kappa shape index (κ1) is 19.4. The molecule has 0 aliphatic heterocycles. The minimum atomic E-state index is -0.593. The van der Waals surface area contributed by atoms with E-state index >= 15 is 0 Å². The van der Waals surface area contributed by atoms with Crippen LogP contribution < -0.4 is 15.6 Å². The van der Waals surface area contributed by atoms with Crippen LogP contribution in [0.3, 0.4) is 0 Å². The fraction of sp³-hybridized carbons (Fsp3) is 0.176. The van der Waals surface area contributed by atoms with Gasteiger partial charge in [-0.15, -0.1) is 0 Å². The smallest absolute Gasteiger partial charge is 0.276 e. The molecule has 0 fully saturated rings. The highest BCUT2D eigenvalue weighted by atomic mass is 79.9. The Kier molecular flexibility index (Phi) is 6.29. The fourth-order valence-electron chi connectivity index (χ4n) is 2.23. The second-order valence-corrected chi connectivity index (χ2v) is 6.38. The number of hydrazine groups is 1. The maximum atomic E-state index is 11.9. The number of ether oxygens (including phenoxy) is 1. The Hall–Kier alpha value is -2.94. The van der Waals surface area contributed by atoms with Gasteiger partial charge in [-0.25, -0.2) is 0 Å². The highest BCUT2D eigenvalue weighted by Gasteiger charge is 2.12. The van der Waals surface area contributed by atoms with Gasteiger partial charge in [0, 0.05) is 22.2 Å². The topological polar surface area (TPSA) is 111 Å². The monoisotopic (exact) mass is 421 g/mol. The number of non-ortho nitro benzene ring substituents is 1. The molecule has 0 heterocycles. The average molecular weight is 422 g/mol. The van der Waals surface area contributed by atoms with E-state index in [4.69, 9.17) is 4.74 Å². The lowest BCUT2D eigenvalue weighted by molar-refractivity contribution is -0.384. The molecule has 0 saturated carbocycles. The Morgan fingerprint density at radius 2 is 1.69 bits per heavy atom. The normalized spacial score (nSPS) is 10.1. The predicted octanol–water partition coefficient (Wildman–Crippen LogP) is 2.81. The van der Waals surface area contributed by atoms with Gasteiger partial charge in [-0.2, -0.15) is 0 Å². The van der Waals surface area contributed by atoms with Crippen LogP contribution in [0, 0.1) is 24.0 Å². The van der Waals surface area contributed by atoms with Gasteiger partial charge < -0.3 is 4.74 Å². The number of amides is 2. The summed E-state index contributed by atoms with van der Waals surface area (Å²) in [6.07, 6.45) is 0. The second-order valence-electron chi connectivity index (χ2n) is 5.46. The summed E-state index contributed by atoms with van der Waals surface area (Å²) in [5, 5.41) is 10.6. The minimum Gasteiger partial charge on any atom is -0.483 e. The van der Waals surface area contributed by atoms with Crippen LogP contribution in [0.2, 0.25) is 0 Å². The summed E-state index contributed by atoms with van der Waals surface area (Å²) >= 11 is 3.38. The number of halogens is 1. The lowest BCUT2D eigenvalue weighted by Crippen LogP contribution is -2.43. The van der Waals surface area contributed by atoms with E-state index in [1.165, 1.54) is 24.3 Å². The van der Waals surface area contributed by atoms with E-state index in [0.29, 0.717) is 5.75 Å². The van der Waals surface area contributed by atoms with Gasteiger partial charge in [0.1, 0.15) is 5.75 Å². The molecule has 0 unspecified atom stereocenters. The van der Waals surface area contributed by atoms with Crippen molar-refractivity contribution in [1.29, 1.82) is 0 Å². The van der Waals surface area contributed by atoms with Crippen LogP contribution >= 0.6 is 15.9 Å². The summed E-state index contributed by atoms with van der Waals surface area (Å²) < 4.78 is 6.42. The van der Waals surface area contributed by atoms with E-state index < -0.39 is 16.7 Å². The highest BCUT2D eigenvalue weighted by molar-refractivity contribution is 9.10. The van der Waals surface area contributed by atoms with Crippen molar-refractivity contribution in [3.05, 3.63) is 67.7 Å². The molecule has 0 bridgehead atoms. The second kappa shape index (κ2) is 8.43. The van der Waals surface area contributed by atoms with Crippen molar-refractivity contribution in [3.8, 4) is 5.75 Å². The molecule has 0 spiro atoms. The fourth-order valence-corrected chi connectivity index (χ4v) is 2.92. The Morgan fingerprint density at radius 1 is 1.12 bits per heavy atom. The standard InChI is InChI=1S/C17H16BrN3O5/c1-10-7-13(18)8-11(2)16(10)26-9-15(22)19-20-17(23)12-3-5-14(6-4-12)21(24)25/h3-8H,9H2,1-2H3,(H,19,22)(H,20,23). The van der Waals surface area contributed by atoms with Crippen LogP contribution in [0.25, 0.3) is 0 Å². The highest BCUT2D eigenvalue weighted by Crippen LogP contribution is 2.27. The molecule has 26 heavy (non-hydrogen) atoms. The molecule has 0 saturated heterocycles. The summed E-state index contributed by atoms with van der Waals surface area (Å²) in [7, 11) is 0. The van der Waals surface area contributed by atoms with Crippen LogP contribution in [0.1, 0.15) is 21.5 Å². The zero-order valence-corrected chi connectivity index (χ0v) is 15.6. The quantitative estimate of drug-likeness (QED) is 0.569. The third kappa shape index (κ3) is 5.03. The third-order valence-corrected chi connectivity index (χ3v) is 3.89. The Morgan fingerprint density at radius 3 is 2.23 bits per heavy atom. The van der Waals surface area contributed by atoms with Gasteiger partial charge in [0.15, 0.2) is 6.61 Å². The maximum absolute atomic E-state index is 11.9. The van der Waals surface area contributed by atoms with E-state index in [1.54, 1.807) is 0 Å². The minimum absolute atomic E-state index is 0.126. The molecule has 2 aromatic rings. The van der Waals surface area contributed by atoms with E-state index in [0.717, 1.165) is 15.6 Å². The van der Waals surface area contributed by atoms with Crippen molar-refractivity contribution < 1.29 is 19.2 Å². The third-order valence-electron chi connectivity index (χ3n) is 3.43. The molecule has 0 radical (unpaired) electrons. The SMILES string of the molecule is Cc1cc(Br)cc(C)c1OCC(=O)NNC(=O)c1ccc([N+](=O)[O-])cc1. The molecule has 0 aliphatic rings. The number of benzene rings is 2. The van der Waals surface area contributed by atoms with Crippen molar-refractivity contribution in [2.24, 2.45) is 0 Å². The molecular weight excluding hydrogens is 406 g/mol. The van der Waals surface area contributed by atoms with Crippen molar-refractivity contribution in [2.45, 2.75) is 13.8 Å². The Bertz CT molecular complexity index is 829. The first-order valence-corrected chi connectivity index (χ1v) is 8.30. The number of carbonyl (C=O) groups excluding carboxylic acids is 2. The van der Waals surface area contributed by atoms with Crippen LogP contribution in [-0.4, -0.2) is 23.3 Å². The zero-order valence-electron chi connectivity index (χ0n) is 14.0. The van der Waals surface area contributed by atoms with Crippen molar-refractivity contribution in [3.63, 3.8) is 0 Å². The van der Waals surface area contributed by atoms with Gasteiger partial charge >= 0.3 is 0 Å². The van der Waals surface area contributed by atoms with Gasteiger partial charge in [0.05, 0.1) is 4.92 Å².